The Morgan fingerprint density at radius 1 is 0.972 bits per heavy atom. The van der Waals surface area contributed by atoms with Gasteiger partial charge >= 0.3 is 5.97 Å². The van der Waals surface area contributed by atoms with Crippen molar-refractivity contribution in [1.82, 2.24) is 19.9 Å². The SMILES string of the molecule is O=C(O)c1ccc(-c2ccc(-c3nc4nc(OC5CC(C(=O)N6CCC6)C5)[nH]c4cc3Cl)cc2)cc1. The average Bonchev–Trinajstić information content (AvgIpc) is 3.20. The predicted octanol–water partition coefficient (Wildman–Crippen LogP) is 5.03. The molecule has 2 fully saturated rings. The van der Waals surface area contributed by atoms with Crippen LogP contribution in [-0.4, -0.2) is 56.0 Å². The smallest absolute Gasteiger partial charge is 0.335 e. The lowest BCUT2D eigenvalue weighted by Gasteiger charge is -2.40. The summed E-state index contributed by atoms with van der Waals surface area (Å²) in [5.74, 6) is -0.655. The van der Waals surface area contributed by atoms with Crippen LogP contribution < -0.4 is 4.74 Å². The van der Waals surface area contributed by atoms with Crippen LogP contribution in [-0.2, 0) is 4.79 Å². The van der Waals surface area contributed by atoms with Crippen molar-refractivity contribution in [3.8, 4) is 28.4 Å². The molecule has 36 heavy (non-hydrogen) atoms. The third-order valence-corrected chi connectivity index (χ3v) is 7.21. The van der Waals surface area contributed by atoms with Gasteiger partial charge in [0.2, 0.25) is 5.91 Å². The van der Waals surface area contributed by atoms with Crippen molar-refractivity contribution in [2.75, 3.05) is 13.1 Å². The molecule has 0 radical (unpaired) electrons. The third-order valence-electron chi connectivity index (χ3n) is 6.92. The van der Waals surface area contributed by atoms with Crippen LogP contribution in [0.2, 0.25) is 5.02 Å². The van der Waals surface area contributed by atoms with Gasteiger partial charge in [-0.05, 0) is 48.6 Å². The fourth-order valence-corrected chi connectivity index (χ4v) is 4.86. The number of hydrogen-bond acceptors (Lipinski definition) is 5. The quantitative estimate of drug-likeness (QED) is 0.382. The van der Waals surface area contributed by atoms with Gasteiger partial charge in [-0.1, -0.05) is 48.0 Å². The van der Waals surface area contributed by atoms with Crippen LogP contribution in [0.25, 0.3) is 33.5 Å². The van der Waals surface area contributed by atoms with E-state index in [0.717, 1.165) is 36.2 Å². The second kappa shape index (κ2) is 8.95. The van der Waals surface area contributed by atoms with E-state index < -0.39 is 5.97 Å². The van der Waals surface area contributed by atoms with Crippen LogP contribution in [0, 0.1) is 5.92 Å². The molecule has 1 saturated carbocycles. The Labute approximate surface area is 211 Å². The number of pyridine rings is 1. The number of aromatic carboxylic acids is 1. The number of rotatable bonds is 6. The molecule has 1 amide bonds. The monoisotopic (exact) mass is 502 g/mol. The van der Waals surface area contributed by atoms with Gasteiger partial charge in [-0.15, -0.1) is 0 Å². The number of nitrogens with one attached hydrogen (secondary N) is 1. The van der Waals surface area contributed by atoms with Crippen molar-refractivity contribution >= 4 is 34.6 Å². The molecule has 0 atom stereocenters. The minimum atomic E-state index is -0.950. The van der Waals surface area contributed by atoms with Gasteiger partial charge in [-0.3, -0.25) is 4.79 Å². The number of halogens is 1. The molecule has 2 aliphatic rings. The van der Waals surface area contributed by atoms with E-state index in [0.29, 0.717) is 40.7 Å². The lowest BCUT2D eigenvalue weighted by molar-refractivity contribution is -0.145. The molecule has 1 aliphatic carbocycles. The number of amides is 1. The van der Waals surface area contributed by atoms with Gasteiger partial charge in [0.15, 0.2) is 5.65 Å². The second-order valence-electron chi connectivity index (χ2n) is 9.28. The van der Waals surface area contributed by atoms with E-state index in [1.54, 1.807) is 30.3 Å². The summed E-state index contributed by atoms with van der Waals surface area (Å²) in [6.45, 7) is 1.75. The Hall–Kier alpha value is -3.91. The zero-order chi connectivity index (χ0) is 24.8. The summed E-state index contributed by atoms with van der Waals surface area (Å²) in [5.41, 5.74) is 4.75. The molecule has 1 saturated heterocycles. The first-order valence-electron chi connectivity index (χ1n) is 11.9. The highest BCUT2D eigenvalue weighted by atomic mass is 35.5. The molecule has 0 unspecified atom stereocenters. The number of hydrogen-bond donors (Lipinski definition) is 2. The summed E-state index contributed by atoms with van der Waals surface area (Å²) in [6, 6.07) is 16.6. The Morgan fingerprint density at radius 2 is 1.61 bits per heavy atom. The highest BCUT2D eigenvalue weighted by Crippen LogP contribution is 2.35. The molecule has 0 bridgehead atoms. The zero-order valence-electron chi connectivity index (χ0n) is 19.3. The highest BCUT2D eigenvalue weighted by Gasteiger charge is 2.39. The first kappa shape index (κ1) is 22.5. The minimum absolute atomic E-state index is 0.0344. The number of aromatic nitrogens is 3. The number of ether oxygens (including phenoxy) is 1. The Balaban J connectivity index is 1.16. The number of aromatic amines is 1. The summed E-state index contributed by atoms with van der Waals surface area (Å²) in [7, 11) is 0. The van der Waals surface area contributed by atoms with E-state index in [4.69, 9.17) is 21.4 Å². The average molecular weight is 503 g/mol. The van der Waals surface area contributed by atoms with Gasteiger partial charge in [-0.25, -0.2) is 9.78 Å². The Bertz CT molecular complexity index is 1460. The fourth-order valence-electron chi connectivity index (χ4n) is 4.60. The number of likely N-dealkylation sites (tertiary alicyclic amines) is 1. The molecule has 2 N–H and O–H groups in total. The number of imidazole rings is 1. The molecule has 0 spiro atoms. The van der Waals surface area contributed by atoms with Crippen molar-refractivity contribution in [1.29, 1.82) is 0 Å². The molecule has 1 aliphatic heterocycles. The van der Waals surface area contributed by atoms with Crippen molar-refractivity contribution in [3.05, 3.63) is 65.2 Å². The summed E-state index contributed by atoms with van der Waals surface area (Å²) in [6.07, 6.45) is 2.48. The second-order valence-corrected chi connectivity index (χ2v) is 9.69. The van der Waals surface area contributed by atoms with E-state index in [2.05, 4.69) is 15.0 Å². The maximum absolute atomic E-state index is 12.3. The number of fused-ring (bicyclic) bond motifs is 1. The summed E-state index contributed by atoms with van der Waals surface area (Å²) in [4.78, 5) is 37.6. The standard InChI is InChI=1S/C27H23ClN4O4/c28-21-14-22-24(31-27(29-22)36-20-12-19(13-20)25(33)32-10-1-11-32)30-23(21)17-6-2-15(3-7-17)16-4-8-18(9-5-16)26(34)35/h2-9,14,19-20H,1,10-13H2,(H,34,35)(H,29,30,31). The van der Waals surface area contributed by atoms with Crippen LogP contribution in [0.5, 0.6) is 6.01 Å². The van der Waals surface area contributed by atoms with Crippen molar-refractivity contribution in [2.45, 2.75) is 25.4 Å². The maximum atomic E-state index is 12.3. The van der Waals surface area contributed by atoms with E-state index >= 15 is 0 Å². The first-order valence-corrected chi connectivity index (χ1v) is 12.3. The normalized spacial score (nSPS) is 19.0. The molecule has 4 aromatic rings. The fraction of sp³-hybridized carbons (Fsp3) is 0.259. The molecule has 9 heteroatoms. The predicted molar refractivity (Wildman–Crippen MR) is 135 cm³/mol. The van der Waals surface area contributed by atoms with Gasteiger partial charge in [-0.2, -0.15) is 4.98 Å². The van der Waals surface area contributed by atoms with Crippen molar-refractivity contribution in [2.24, 2.45) is 5.92 Å². The van der Waals surface area contributed by atoms with E-state index in [9.17, 15) is 9.59 Å². The number of H-pyrrole nitrogens is 1. The van der Waals surface area contributed by atoms with Gasteiger partial charge in [0.25, 0.3) is 6.01 Å². The zero-order valence-corrected chi connectivity index (χ0v) is 20.0. The molecular formula is C27H23ClN4O4. The largest absolute Gasteiger partial charge is 0.478 e. The van der Waals surface area contributed by atoms with Crippen LogP contribution in [0.1, 0.15) is 29.6 Å². The number of benzene rings is 2. The van der Waals surface area contributed by atoms with E-state index in [-0.39, 0.29) is 23.5 Å². The molecule has 8 nitrogen and oxygen atoms in total. The minimum Gasteiger partial charge on any atom is -0.478 e. The lowest BCUT2D eigenvalue weighted by Crippen LogP contribution is -2.50. The molecule has 2 aromatic heterocycles. The number of nitrogens with zero attached hydrogens (tertiary/aromatic N) is 3. The third kappa shape index (κ3) is 4.18. The Morgan fingerprint density at radius 3 is 2.22 bits per heavy atom. The molecule has 6 rings (SSSR count). The summed E-state index contributed by atoms with van der Waals surface area (Å²) < 4.78 is 5.96. The van der Waals surface area contributed by atoms with Crippen molar-refractivity contribution < 1.29 is 19.4 Å². The highest BCUT2D eigenvalue weighted by molar-refractivity contribution is 6.33. The maximum Gasteiger partial charge on any atom is 0.335 e. The lowest BCUT2D eigenvalue weighted by atomic mass is 9.81. The number of carboxylic acids is 1. The molecule has 3 heterocycles. The van der Waals surface area contributed by atoms with Crippen molar-refractivity contribution in [3.63, 3.8) is 0 Å². The summed E-state index contributed by atoms with van der Waals surface area (Å²) >= 11 is 6.55. The molecule has 2 aromatic carbocycles. The van der Waals surface area contributed by atoms with Gasteiger partial charge in [0.1, 0.15) is 6.10 Å². The molecular weight excluding hydrogens is 480 g/mol. The van der Waals surface area contributed by atoms with Gasteiger partial charge < -0.3 is 19.7 Å². The van der Waals surface area contributed by atoms with Crippen LogP contribution in [0.15, 0.2) is 54.6 Å². The van der Waals surface area contributed by atoms with Crippen LogP contribution in [0.4, 0.5) is 0 Å². The number of carboxylic acid groups (broad SMARTS) is 1. The van der Waals surface area contributed by atoms with E-state index in [1.807, 2.05) is 29.2 Å². The number of carbonyl (C=O) groups excluding carboxylic acids is 1. The molecule has 182 valence electrons. The van der Waals surface area contributed by atoms with Gasteiger partial charge in [0.05, 0.1) is 21.8 Å². The summed E-state index contributed by atoms with van der Waals surface area (Å²) in [5, 5.41) is 9.57. The van der Waals surface area contributed by atoms with Crippen LogP contribution in [0.3, 0.4) is 0 Å². The topological polar surface area (TPSA) is 108 Å². The van der Waals surface area contributed by atoms with Gasteiger partial charge in [0, 0.05) is 24.6 Å². The van der Waals surface area contributed by atoms with E-state index in [1.165, 1.54) is 0 Å². The Kier molecular flexibility index (Phi) is 5.60. The first-order chi connectivity index (χ1) is 17.4. The number of carbonyl (C=O) groups is 2. The van der Waals surface area contributed by atoms with Crippen LogP contribution >= 0.6 is 11.6 Å².